The molecule has 0 saturated carbocycles. The second kappa shape index (κ2) is 56.6. The van der Waals surface area contributed by atoms with Crippen molar-refractivity contribution in [3.8, 4) is 0 Å². The molecular weight excluding hydrogens is 1410 g/mol. The molecule has 624 valence electrons. The van der Waals surface area contributed by atoms with Gasteiger partial charge in [0, 0.05) is 37.7 Å². The summed E-state index contributed by atoms with van der Waals surface area (Å²) in [7, 11) is 0. The summed E-state index contributed by atoms with van der Waals surface area (Å²) in [5, 5.41) is 47.0. The molecule has 0 bridgehead atoms. The summed E-state index contributed by atoms with van der Waals surface area (Å²) < 4.78 is 13.5. The van der Waals surface area contributed by atoms with Gasteiger partial charge < -0.3 is 112 Å². The molecule has 2 rings (SSSR count). The van der Waals surface area contributed by atoms with Crippen LogP contribution < -0.4 is 109 Å². The van der Waals surface area contributed by atoms with Crippen molar-refractivity contribution in [3.63, 3.8) is 0 Å². The van der Waals surface area contributed by atoms with Gasteiger partial charge in [0.05, 0.1) is 12.7 Å². The highest BCUT2D eigenvalue weighted by atomic mass is 16.6. The minimum absolute atomic E-state index is 0.0506. The number of hydrogen-bond acceptors (Lipinski definition) is 23. The molecule has 0 unspecified atom stereocenters. The Bertz CT molecular complexity index is 3010. The number of rotatable bonds is 62. The second-order valence-corrected chi connectivity index (χ2v) is 29.0. The number of carbonyl (C=O) groups excluding carboxylic acids is 10. The average Bonchev–Trinajstić information content (AvgIpc) is 1.67. The van der Waals surface area contributed by atoms with Crippen molar-refractivity contribution in [2.24, 2.45) is 40.5 Å². The first-order valence-corrected chi connectivity index (χ1v) is 39.5. The predicted octanol–water partition coefficient (Wildman–Crippen LogP) is -2.40. The molecule has 25 N–H and O–H groups in total. The lowest BCUT2D eigenvalue weighted by Crippen LogP contribution is -2.60. The number of hydrogen-bond donors (Lipinski definition) is 20. The Balaban J connectivity index is 2.09. The normalized spacial score (nSPS) is 16.6. The minimum Gasteiger partial charge on any atom is -0.480 e. The first-order valence-electron chi connectivity index (χ1n) is 39.5. The van der Waals surface area contributed by atoms with Crippen LogP contribution in [0.3, 0.4) is 0 Å². The molecule has 1 aromatic rings. The lowest BCUT2D eigenvalue weighted by Gasteiger charge is -2.27. The van der Waals surface area contributed by atoms with E-state index in [1.165, 1.54) is 38.5 Å². The number of carbonyl (C=O) groups is 11. The van der Waals surface area contributed by atoms with E-state index in [1.54, 1.807) is 0 Å². The fraction of sp³-hybridized carbons (Fsp3) is 0.795. The van der Waals surface area contributed by atoms with Gasteiger partial charge in [0.2, 0.25) is 53.2 Å². The smallest absolute Gasteiger partial charge is 0.330 e. The van der Waals surface area contributed by atoms with Crippen molar-refractivity contribution in [1.29, 1.82) is 0 Å². The van der Waals surface area contributed by atoms with Crippen LogP contribution >= 0.6 is 0 Å². The third-order valence-electron chi connectivity index (χ3n) is 18.3. The maximum Gasteiger partial charge on any atom is 0.330 e. The molecule has 1 aliphatic heterocycles. The summed E-state index contributed by atoms with van der Waals surface area (Å²) in [6.45, 7) is 20.2. The van der Waals surface area contributed by atoms with E-state index in [0.29, 0.717) is 71.1 Å². The maximum atomic E-state index is 14.2. The number of nitrogens with two attached hydrogens (primary N) is 5. The summed E-state index contributed by atoms with van der Waals surface area (Å²) in [5.74, 6) is -8.46. The van der Waals surface area contributed by atoms with E-state index in [4.69, 9.17) is 38.1 Å². The van der Waals surface area contributed by atoms with Crippen LogP contribution in [-0.4, -0.2) is 231 Å². The number of aryl methyl sites for hydroxylation is 1. The Kier molecular flexibility index (Phi) is 50.7. The largest absolute Gasteiger partial charge is 0.480 e. The zero-order valence-corrected chi connectivity index (χ0v) is 66.0. The van der Waals surface area contributed by atoms with Crippen molar-refractivity contribution in [3.05, 3.63) is 32.6 Å². The van der Waals surface area contributed by atoms with E-state index in [0.717, 1.165) is 71.2 Å². The molecule has 36 nitrogen and oxygen atoms in total. The van der Waals surface area contributed by atoms with E-state index in [1.807, 2.05) is 27.7 Å². The Morgan fingerprint density at radius 2 is 0.853 bits per heavy atom. The number of nitrogens with one attached hydrogen (secondary N) is 14. The van der Waals surface area contributed by atoms with E-state index < -0.39 is 143 Å². The monoisotopic (exact) mass is 1550 g/mol. The number of aromatic amines is 1. The lowest BCUT2D eigenvalue weighted by molar-refractivity contribution is -0.142. The van der Waals surface area contributed by atoms with Gasteiger partial charge in [-0.25, -0.2) is 9.59 Å². The molecule has 1 aliphatic rings. The lowest BCUT2D eigenvalue weighted by atomic mass is 10.0. The van der Waals surface area contributed by atoms with E-state index in [2.05, 4.69) is 74.1 Å². The highest BCUT2D eigenvalue weighted by molar-refractivity contribution is 5.98. The maximum absolute atomic E-state index is 14.2. The number of carboxylic acids is 1. The molecule has 109 heavy (non-hydrogen) atoms. The van der Waals surface area contributed by atoms with Gasteiger partial charge >= 0.3 is 11.7 Å². The van der Waals surface area contributed by atoms with Crippen LogP contribution in [0.4, 0.5) is 0 Å². The fourth-order valence-corrected chi connectivity index (χ4v) is 11.9. The molecule has 12 atom stereocenters. The van der Waals surface area contributed by atoms with Gasteiger partial charge in [-0.2, -0.15) is 0 Å². The SMILES string of the molecule is Cc1cn([C@H]2C[C@H](OCCNCCCNCCCCNCCCN)[C@@H](C(=O)NCCCC[C@@H](NC(=O)[C@@H](C)NC(=O)[C@@H](CCCCN)NC(=O)[C@@H](C)NC(=O)[C@@H](CC(C)C)NC(=O)[C@@H](CCCCN)NC(=O)[C@@H](C)NC(=O)[C@@H](CC(C)C)NC(=O)[C@@H](CCCCN)NC(=O)CCCCCN)C(=O)O)O2)c(=O)[nH]c1=O. The third kappa shape index (κ3) is 40.8. The summed E-state index contributed by atoms with van der Waals surface area (Å²) in [6, 6.07) is -11.1. The summed E-state index contributed by atoms with van der Waals surface area (Å²) in [5.41, 5.74) is 27.4. The molecule has 0 radical (unpaired) electrons. The topological polar surface area (TPSA) is 568 Å². The molecule has 0 aliphatic carbocycles. The van der Waals surface area contributed by atoms with Crippen LogP contribution in [0.25, 0.3) is 0 Å². The zero-order chi connectivity index (χ0) is 81.2. The summed E-state index contributed by atoms with van der Waals surface area (Å²) in [4.78, 5) is 178. The van der Waals surface area contributed by atoms with Gasteiger partial charge in [-0.15, -0.1) is 0 Å². The van der Waals surface area contributed by atoms with Crippen molar-refractivity contribution in [2.45, 2.75) is 276 Å². The Hall–Kier alpha value is -7.55. The second-order valence-electron chi connectivity index (χ2n) is 29.0. The number of carboxylic acid groups (broad SMARTS) is 1. The molecule has 1 aromatic heterocycles. The van der Waals surface area contributed by atoms with Crippen LogP contribution in [0.15, 0.2) is 15.8 Å². The highest BCUT2D eigenvalue weighted by Gasteiger charge is 2.42. The van der Waals surface area contributed by atoms with Gasteiger partial charge in [-0.05, 0) is 233 Å². The zero-order valence-electron chi connectivity index (χ0n) is 66.0. The first-order chi connectivity index (χ1) is 52.0. The standard InChI is InChI=1S/C73H136N20O16/c1-46(2)42-56(90-67(100)52(24-11-16-30-75)86-59(94)28-10-9-15-29-74)69(102)85-50(7)64(97)88-54(26-13-18-32-77)68(101)91-57(43-47(3)4)70(103)84-49(6)63(96)87-53(25-12-17-31-76)66(99)83-51(8)65(98)89-55(72(105)106)27-14-19-39-82-71(104)61-58(44-60(109-61)93-45-48(5)62(95)92-73(93)107)108-41-40-81-38-23-37-80-35-21-20-34-79-36-22-33-78/h45-47,49-58,60-61,79-81H,9-44,74-78H2,1-8H3,(H,82,104)(H,83,99)(H,84,103)(H,85,102)(H,86,94)(H,87,96)(H,88,97)(H,89,98)(H,90,100)(H,91,101)(H,105,106)(H,92,95,107)/t49-,50-,51-,52-,53-,54-,55-,56-,57-,58+,60-,61+/m1/s1. The number of nitrogens with zero attached hydrogens (tertiary/aromatic N) is 1. The Morgan fingerprint density at radius 1 is 0.468 bits per heavy atom. The van der Waals surface area contributed by atoms with Gasteiger partial charge in [0.25, 0.3) is 11.5 Å². The third-order valence-corrected chi connectivity index (χ3v) is 18.3. The number of H-pyrrole nitrogens is 1. The van der Waals surface area contributed by atoms with E-state index in [9.17, 15) is 67.4 Å². The van der Waals surface area contributed by atoms with E-state index >= 15 is 0 Å². The number of aromatic nitrogens is 2. The van der Waals surface area contributed by atoms with E-state index in [-0.39, 0.29) is 114 Å². The number of unbranched alkanes of at least 4 members (excludes halogenated alkanes) is 7. The van der Waals surface area contributed by atoms with Crippen molar-refractivity contribution in [1.82, 2.24) is 78.7 Å². The summed E-state index contributed by atoms with van der Waals surface area (Å²) >= 11 is 0. The molecule has 2 heterocycles. The van der Waals surface area contributed by atoms with Gasteiger partial charge in [0.15, 0.2) is 6.10 Å². The van der Waals surface area contributed by atoms with Crippen molar-refractivity contribution < 1.29 is 67.3 Å². The Morgan fingerprint density at radius 3 is 1.32 bits per heavy atom. The van der Waals surface area contributed by atoms with Gasteiger partial charge in [0.1, 0.15) is 60.6 Å². The first kappa shape index (κ1) is 97.5. The minimum atomic E-state index is -1.41. The molecule has 36 heteroatoms. The molecule has 1 saturated heterocycles. The number of aliphatic carboxylic acids is 1. The fourth-order valence-electron chi connectivity index (χ4n) is 11.9. The van der Waals surface area contributed by atoms with Gasteiger partial charge in [-0.3, -0.25) is 62.3 Å². The molecule has 0 spiro atoms. The quantitative estimate of drug-likeness (QED) is 0.0302. The molecule has 10 amide bonds. The van der Waals surface area contributed by atoms with Crippen molar-refractivity contribution >= 4 is 65.0 Å². The number of amides is 10. The predicted molar refractivity (Wildman–Crippen MR) is 415 cm³/mol. The highest BCUT2D eigenvalue weighted by Crippen LogP contribution is 2.30. The van der Waals surface area contributed by atoms with Crippen molar-refractivity contribution in [2.75, 3.05) is 85.1 Å². The van der Waals surface area contributed by atoms with Crippen LogP contribution in [0, 0.1) is 18.8 Å². The number of ether oxygens (including phenoxy) is 2. The van der Waals surface area contributed by atoms with Crippen LogP contribution in [0.2, 0.25) is 0 Å². The Labute approximate surface area is 642 Å². The average molecular weight is 1550 g/mol. The molecule has 1 fully saturated rings. The van der Waals surface area contributed by atoms with Crippen LogP contribution in [-0.2, 0) is 62.2 Å². The van der Waals surface area contributed by atoms with Crippen LogP contribution in [0.5, 0.6) is 0 Å². The summed E-state index contributed by atoms with van der Waals surface area (Å²) in [6.07, 6.45) is 8.79. The van der Waals surface area contributed by atoms with Crippen LogP contribution in [0.1, 0.15) is 208 Å². The van der Waals surface area contributed by atoms with Gasteiger partial charge in [-0.1, -0.05) is 34.1 Å². The molecule has 0 aromatic carbocycles. The molecular formula is C73H136N20O16.